The maximum atomic E-state index is 9.62. The standard InChI is InChI=1S/C21H13N5/c22-12-19-20-7-5-17(25-20)10-15-3-1-13(23-15)9-14-2-4-16(24-14)11-18-6-8-21(19)26-18/h1-11,23,25H. The Hall–Kier alpha value is -3.91. The summed E-state index contributed by atoms with van der Waals surface area (Å²) in [5.74, 6) is 0. The highest BCUT2D eigenvalue weighted by Crippen LogP contribution is 2.20. The van der Waals surface area contributed by atoms with Crippen LogP contribution in [0.5, 0.6) is 0 Å². The first kappa shape index (κ1) is 14.4. The zero-order chi connectivity index (χ0) is 17.5. The number of aromatic nitrogens is 4. The molecule has 0 aromatic carbocycles. The summed E-state index contributed by atoms with van der Waals surface area (Å²) < 4.78 is 0. The van der Waals surface area contributed by atoms with Gasteiger partial charge in [-0.15, -0.1) is 0 Å². The highest BCUT2D eigenvalue weighted by Gasteiger charge is 2.08. The van der Waals surface area contributed by atoms with Crippen molar-refractivity contribution in [2.45, 2.75) is 0 Å². The topological polar surface area (TPSA) is 81.2 Å². The highest BCUT2D eigenvalue weighted by atomic mass is 14.8. The first-order valence-electron chi connectivity index (χ1n) is 8.24. The Kier molecular flexibility index (Phi) is 3.09. The van der Waals surface area contributed by atoms with Crippen molar-refractivity contribution in [1.82, 2.24) is 19.9 Å². The molecule has 5 heterocycles. The molecule has 0 radical (unpaired) electrons. The van der Waals surface area contributed by atoms with Crippen molar-refractivity contribution in [3.63, 3.8) is 0 Å². The zero-order valence-corrected chi connectivity index (χ0v) is 13.7. The van der Waals surface area contributed by atoms with Gasteiger partial charge in [-0.3, -0.25) is 0 Å². The van der Waals surface area contributed by atoms with Crippen molar-refractivity contribution >= 4 is 46.4 Å². The minimum Gasteiger partial charge on any atom is -0.355 e. The van der Waals surface area contributed by atoms with Crippen LogP contribution >= 0.6 is 0 Å². The minimum atomic E-state index is 0.521. The highest BCUT2D eigenvalue weighted by molar-refractivity contribution is 5.80. The molecule has 0 saturated heterocycles. The fraction of sp³-hybridized carbons (Fsp3) is 0. The third-order valence-corrected chi connectivity index (χ3v) is 4.33. The number of rotatable bonds is 0. The maximum absolute atomic E-state index is 9.62. The van der Waals surface area contributed by atoms with Crippen molar-refractivity contribution < 1.29 is 0 Å². The van der Waals surface area contributed by atoms with E-state index < -0.39 is 0 Å². The number of nitriles is 1. The SMILES string of the molecule is N#Cc1c2nc(cc3nc(cc4ccc(cc5ccc1[nH]5)[nH]4)C=C3)C=C2. The summed E-state index contributed by atoms with van der Waals surface area (Å²) in [7, 11) is 0. The summed E-state index contributed by atoms with van der Waals surface area (Å²) >= 11 is 0. The second-order valence-electron chi connectivity index (χ2n) is 6.17. The second kappa shape index (κ2) is 5.57. The molecule has 2 N–H and O–H groups in total. The van der Waals surface area contributed by atoms with E-state index in [1.807, 2.05) is 66.8 Å². The summed E-state index contributed by atoms with van der Waals surface area (Å²) in [6.07, 6.45) is 7.69. The van der Waals surface area contributed by atoms with E-state index in [0.29, 0.717) is 11.3 Å². The van der Waals surface area contributed by atoms with Gasteiger partial charge in [-0.25, -0.2) is 9.97 Å². The molecular formula is C21H13N5. The molecule has 0 unspecified atom stereocenters. The van der Waals surface area contributed by atoms with Crippen LogP contribution in [-0.4, -0.2) is 19.9 Å². The van der Waals surface area contributed by atoms with Crippen LogP contribution in [0.2, 0.25) is 0 Å². The lowest BCUT2D eigenvalue weighted by Gasteiger charge is -1.90. The third-order valence-electron chi connectivity index (χ3n) is 4.33. The van der Waals surface area contributed by atoms with Gasteiger partial charge in [0.25, 0.3) is 0 Å². The Morgan fingerprint density at radius 3 is 2.19 bits per heavy atom. The van der Waals surface area contributed by atoms with Gasteiger partial charge in [-0.2, -0.15) is 5.26 Å². The number of aromatic amines is 2. The molecule has 5 rings (SSSR count). The van der Waals surface area contributed by atoms with Crippen molar-refractivity contribution in [3.05, 3.63) is 70.8 Å². The molecule has 0 amide bonds. The monoisotopic (exact) mass is 335 g/mol. The van der Waals surface area contributed by atoms with E-state index in [9.17, 15) is 5.26 Å². The molecule has 2 aliphatic rings. The lowest BCUT2D eigenvalue weighted by Crippen LogP contribution is -1.83. The van der Waals surface area contributed by atoms with Crippen LogP contribution in [0.4, 0.5) is 0 Å². The van der Waals surface area contributed by atoms with Crippen molar-refractivity contribution in [2.75, 3.05) is 0 Å². The van der Waals surface area contributed by atoms with E-state index in [0.717, 1.165) is 39.1 Å². The first-order chi connectivity index (χ1) is 12.8. The molecule has 0 fully saturated rings. The van der Waals surface area contributed by atoms with Gasteiger partial charge in [0.05, 0.1) is 28.3 Å². The van der Waals surface area contributed by atoms with E-state index in [4.69, 9.17) is 0 Å². The van der Waals surface area contributed by atoms with Gasteiger partial charge >= 0.3 is 0 Å². The van der Waals surface area contributed by atoms with Crippen LogP contribution in [0.25, 0.3) is 46.4 Å². The normalized spacial score (nSPS) is 12.3. The Bertz CT molecular complexity index is 1300. The largest absolute Gasteiger partial charge is 0.355 e. The van der Waals surface area contributed by atoms with Gasteiger partial charge in [0.2, 0.25) is 0 Å². The Labute approximate surface area is 149 Å². The van der Waals surface area contributed by atoms with Gasteiger partial charge in [0.15, 0.2) is 0 Å². The van der Waals surface area contributed by atoms with Gasteiger partial charge < -0.3 is 9.97 Å². The fourth-order valence-electron chi connectivity index (χ4n) is 3.13. The Morgan fingerprint density at radius 1 is 0.692 bits per heavy atom. The molecule has 3 aromatic heterocycles. The predicted octanol–water partition coefficient (Wildman–Crippen LogP) is 4.53. The molecule has 0 spiro atoms. The molecule has 3 aromatic rings. The number of hydrogen-bond donors (Lipinski definition) is 2. The third kappa shape index (κ3) is 2.50. The van der Waals surface area contributed by atoms with E-state index >= 15 is 0 Å². The number of nitrogens with one attached hydrogen (secondary N) is 2. The van der Waals surface area contributed by atoms with Crippen LogP contribution in [-0.2, 0) is 0 Å². The molecule has 0 saturated carbocycles. The van der Waals surface area contributed by atoms with Crippen LogP contribution in [0.15, 0.2) is 42.5 Å². The van der Waals surface area contributed by atoms with Gasteiger partial charge in [0.1, 0.15) is 11.6 Å². The summed E-state index contributed by atoms with van der Waals surface area (Å²) in [5, 5.41) is 9.62. The molecule has 8 bridgehead atoms. The molecule has 5 heteroatoms. The molecule has 0 atom stereocenters. The molecule has 26 heavy (non-hydrogen) atoms. The quantitative estimate of drug-likeness (QED) is 0.436. The van der Waals surface area contributed by atoms with E-state index in [2.05, 4.69) is 26.0 Å². The summed E-state index contributed by atoms with van der Waals surface area (Å²) in [6.45, 7) is 0. The minimum absolute atomic E-state index is 0.521. The van der Waals surface area contributed by atoms with Crippen molar-refractivity contribution in [2.24, 2.45) is 0 Å². The molecule has 2 aliphatic heterocycles. The summed E-state index contributed by atoms with van der Waals surface area (Å²) in [6, 6.07) is 16.1. The van der Waals surface area contributed by atoms with Crippen LogP contribution in [0, 0.1) is 11.3 Å². The Morgan fingerprint density at radius 2 is 1.35 bits per heavy atom. The zero-order valence-electron chi connectivity index (χ0n) is 13.7. The number of fused-ring (bicyclic) bond motifs is 8. The van der Waals surface area contributed by atoms with E-state index in [-0.39, 0.29) is 0 Å². The Balaban J connectivity index is 1.90. The van der Waals surface area contributed by atoms with E-state index in [1.54, 1.807) is 0 Å². The average molecular weight is 335 g/mol. The molecule has 122 valence electrons. The van der Waals surface area contributed by atoms with Gasteiger partial charge in [-0.05, 0) is 66.8 Å². The van der Waals surface area contributed by atoms with Crippen LogP contribution in [0.3, 0.4) is 0 Å². The lowest BCUT2D eigenvalue weighted by atomic mass is 10.2. The molecule has 5 nitrogen and oxygen atoms in total. The van der Waals surface area contributed by atoms with Crippen LogP contribution in [0.1, 0.15) is 28.3 Å². The second-order valence-corrected chi connectivity index (χ2v) is 6.17. The predicted molar refractivity (Wildman–Crippen MR) is 104 cm³/mol. The van der Waals surface area contributed by atoms with Gasteiger partial charge in [0, 0.05) is 16.6 Å². The van der Waals surface area contributed by atoms with Gasteiger partial charge in [-0.1, -0.05) is 0 Å². The lowest BCUT2D eigenvalue weighted by molar-refractivity contribution is 1.27. The van der Waals surface area contributed by atoms with Crippen LogP contribution < -0.4 is 0 Å². The smallest absolute Gasteiger partial charge is 0.104 e. The fourth-order valence-corrected chi connectivity index (χ4v) is 3.13. The van der Waals surface area contributed by atoms with E-state index in [1.165, 1.54) is 0 Å². The van der Waals surface area contributed by atoms with Crippen molar-refractivity contribution in [3.8, 4) is 6.07 Å². The number of hydrogen-bond acceptors (Lipinski definition) is 3. The molecular weight excluding hydrogens is 322 g/mol. The number of H-pyrrole nitrogens is 2. The average Bonchev–Trinajstić information content (AvgIpc) is 3.39. The summed E-state index contributed by atoms with van der Waals surface area (Å²) in [4.78, 5) is 15.8. The summed E-state index contributed by atoms with van der Waals surface area (Å²) in [5.41, 5.74) is 7.31. The first-order valence-corrected chi connectivity index (χ1v) is 8.24. The van der Waals surface area contributed by atoms with Crippen molar-refractivity contribution in [1.29, 1.82) is 5.26 Å². The number of nitrogens with zero attached hydrogens (tertiary/aromatic N) is 3. The molecule has 0 aliphatic carbocycles. The maximum Gasteiger partial charge on any atom is 0.104 e.